The summed E-state index contributed by atoms with van der Waals surface area (Å²) in [5, 5.41) is 0. The predicted molar refractivity (Wildman–Crippen MR) is 66.2 cm³/mol. The van der Waals surface area contributed by atoms with Crippen molar-refractivity contribution >= 4 is 0 Å². The zero-order valence-electron chi connectivity index (χ0n) is 11.2. The molecule has 0 radical (unpaired) electrons. The molecule has 2 fully saturated rings. The van der Waals surface area contributed by atoms with Crippen molar-refractivity contribution in [3.63, 3.8) is 0 Å². The summed E-state index contributed by atoms with van der Waals surface area (Å²) in [6.07, 6.45) is 3.14. The number of hydrogen-bond acceptors (Lipinski definition) is 3. The van der Waals surface area contributed by atoms with E-state index in [1.165, 1.54) is 0 Å². The van der Waals surface area contributed by atoms with Crippen molar-refractivity contribution < 1.29 is 9.47 Å². The van der Waals surface area contributed by atoms with E-state index in [0.29, 0.717) is 11.3 Å². The largest absolute Gasteiger partial charge is 0.348 e. The average molecular weight is 229 g/mol. The van der Waals surface area contributed by atoms with Gasteiger partial charge in [0.25, 0.3) is 0 Å². The highest BCUT2D eigenvalue weighted by molar-refractivity contribution is 4.92. The smallest absolute Gasteiger partial charge is 0.168 e. The molecule has 3 nitrogen and oxygen atoms in total. The highest BCUT2D eigenvalue weighted by atomic mass is 16.7. The van der Waals surface area contributed by atoms with Gasteiger partial charge in [0.2, 0.25) is 0 Å². The Morgan fingerprint density at radius 3 is 2.19 bits per heavy atom. The molecule has 96 valence electrons. The van der Waals surface area contributed by atoms with Gasteiger partial charge in [-0.05, 0) is 24.3 Å². The second-order valence-electron chi connectivity index (χ2n) is 5.23. The maximum atomic E-state index is 5.82. The van der Waals surface area contributed by atoms with Crippen LogP contribution >= 0.6 is 0 Å². The highest BCUT2D eigenvalue weighted by Crippen LogP contribution is 2.47. The lowest BCUT2D eigenvalue weighted by Crippen LogP contribution is -2.46. The molecule has 3 heteroatoms. The molecule has 1 heterocycles. The lowest BCUT2D eigenvalue weighted by atomic mass is 9.67. The van der Waals surface area contributed by atoms with Gasteiger partial charge < -0.3 is 15.2 Å². The van der Waals surface area contributed by atoms with Crippen molar-refractivity contribution in [2.24, 2.45) is 17.1 Å². The summed E-state index contributed by atoms with van der Waals surface area (Å²) >= 11 is 0. The highest BCUT2D eigenvalue weighted by Gasteiger charge is 2.47. The van der Waals surface area contributed by atoms with Crippen LogP contribution in [0.2, 0.25) is 0 Å². The molecule has 2 N–H and O–H groups in total. The van der Waals surface area contributed by atoms with Crippen molar-refractivity contribution in [1.29, 1.82) is 0 Å². The fourth-order valence-electron chi connectivity index (χ4n) is 2.63. The third kappa shape index (κ3) is 2.76. The Labute approximate surface area is 99.7 Å². The van der Waals surface area contributed by atoms with Gasteiger partial charge in [-0.25, -0.2) is 0 Å². The average Bonchev–Trinajstić information content (AvgIpc) is 2.74. The minimum Gasteiger partial charge on any atom is -0.348 e. The molecule has 1 saturated heterocycles. The minimum atomic E-state index is -0.278. The van der Waals surface area contributed by atoms with Crippen molar-refractivity contribution in [3.8, 4) is 0 Å². The molecule has 1 aliphatic heterocycles. The van der Waals surface area contributed by atoms with Gasteiger partial charge >= 0.3 is 0 Å². The first-order valence-corrected chi connectivity index (χ1v) is 6.56. The normalized spacial score (nSPS) is 30.9. The van der Waals surface area contributed by atoms with Crippen LogP contribution in [-0.4, -0.2) is 25.5 Å². The third-order valence-corrected chi connectivity index (χ3v) is 3.91. The second-order valence-corrected chi connectivity index (χ2v) is 5.23. The summed E-state index contributed by atoms with van der Waals surface area (Å²) in [6, 6.07) is 0. The quantitative estimate of drug-likeness (QED) is 0.751. The molecule has 1 saturated carbocycles. The van der Waals surface area contributed by atoms with E-state index >= 15 is 0 Å². The van der Waals surface area contributed by atoms with Crippen molar-refractivity contribution in [2.75, 3.05) is 19.8 Å². The summed E-state index contributed by atoms with van der Waals surface area (Å²) < 4.78 is 11.5. The standard InChI is InChI=1S/C11H21NO2.C2H6/c1-10(2)3-4-11(7-9(10)8-12)13-5-6-14-11;1-2/h9H,3-8,12H2,1-2H3;1-2H3. The van der Waals surface area contributed by atoms with Crippen molar-refractivity contribution in [1.82, 2.24) is 0 Å². The van der Waals surface area contributed by atoms with E-state index in [2.05, 4.69) is 13.8 Å². The Kier molecular flexibility index (Phi) is 4.77. The van der Waals surface area contributed by atoms with E-state index in [-0.39, 0.29) is 5.79 Å². The molecule has 16 heavy (non-hydrogen) atoms. The fourth-order valence-corrected chi connectivity index (χ4v) is 2.63. The van der Waals surface area contributed by atoms with Gasteiger partial charge in [-0.1, -0.05) is 27.7 Å². The first kappa shape index (κ1) is 13.9. The minimum absolute atomic E-state index is 0.278. The maximum Gasteiger partial charge on any atom is 0.168 e. The van der Waals surface area contributed by atoms with E-state index in [0.717, 1.165) is 39.0 Å². The van der Waals surface area contributed by atoms with Gasteiger partial charge in [-0.2, -0.15) is 0 Å². The van der Waals surface area contributed by atoms with Gasteiger partial charge in [-0.15, -0.1) is 0 Å². The SMILES string of the molecule is CC.CC1(C)CCC2(CC1CN)OCCO2. The molecule has 1 unspecified atom stereocenters. The maximum absolute atomic E-state index is 5.82. The Hall–Kier alpha value is -0.120. The molecule has 1 atom stereocenters. The van der Waals surface area contributed by atoms with E-state index in [1.807, 2.05) is 13.8 Å². The zero-order chi connectivity index (χ0) is 12.2. The third-order valence-electron chi connectivity index (χ3n) is 3.91. The first-order chi connectivity index (χ1) is 7.58. The van der Waals surface area contributed by atoms with Crippen LogP contribution in [0.3, 0.4) is 0 Å². The van der Waals surface area contributed by atoms with Crippen LogP contribution in [0.1, 0.15) is 47.0 Å². The Morgan fingerprint density at radius 1 is 1.12 bits per heavy atom. The van der Waals surface area contributed by atoms with Crippen LogP contribution < -0.4 is 5.73 Å². The molecule has 2 aliphatic rings. The molecular weight excluding hydrogens is 202 g/mol. The lowest BCUT2D eigenvalue weighted by molar-refractivity contribution is -0.203. The summed E-state index contributed by atoms with van der Waals surface area (Å²) in [5.41, 5.74) is 6.16. The topological polar surface area (TPSA) is 44.5 Å². The van der Waals surface area contributed by atoms with E-state index in [4.69, 9.17) is 15.2 Å². The number of nitrogens with two attached hydrogens (primary N) is 1. The van der Waals surface area contributed by atoms with Crippen molar-refractivity contribution in [3.05, 3.63) is 0 Å². The van der Waals surface area contributed by atoms with Gasteiger partial charge in [0.15, 0.2) is 5.79 Å². The Balaban J connectivity index is 0.000000606. The molecule has 0 aromatic heterocycles. The van der Waals surface area contributed by atoms with Gasteiger partial charge in [0, 0.05) is 12.8 Å². The molecule has 1 spiro atoms. The van der Waals surface area contributed by atoms with Crippen LogP contribution in [0.5, 0.6) is 0 Å². The van der Waals surface area contributed by atoms with E-state index in [9.17, 15) is 0 Å². The molecule has 0 aromatic carbocycles. The van der Waals surface area contributed by atoms with E-state index in [1.54, 1.807) is 0 Å². The summed E-state index contributed by atoms with van der Waals surface area (Å²) in [5.74, 6) is 0.244. The van der Waals surface area contributed by atoms with Gasteiger partial charge in [0.05, 0.1) is 13.2 Å². The fraction of sp³-hybridized carbons (Fsp3) is 1.00. The first-order valence-electron chi connectivity index (χ1n) is 6.56. The molecule has 1 aliphatic carbocycles. The second kappa shape index (κ2) is 5.48. The lowest BCUT2D eigenvalue weighted by Gasteiger charge is -2.45. The zero-order valence-corrected chi connectivity index (χ0v) is 11.2. The summed E-state index contributed by atoms with van der Waals surface area (Å²) in [7, 11) is 0. The molecule has 0 amide bonds. The summed E-state index contributed by atoms with van der Waals surface area (Å²) in [6.45, 7) is 10.8. The van der Waals surface area contributed by atoms with E-state index < -0.39 is 0 Å². The number of ether oxygens (including phenoxy) is 2. The summed E-state index contributed by atoms with van der Waals surface area (Å²) in [4.78, 5) is 0. The van der Waals surface area contributed by atoms with Gasteiger partial charge in [-0.3, -0.25) is 0 Å². The van der Waals surface area contributed by atoms with Crippen molar-refractivity contribution in [2.45, 2.75) is 52.7 Å². The van der Waals surface area contributed by atoms with Crippen LogP contribution in [-0.2, 0) is 9.47 Å². The monoisotopic (exact) mass is 229 g/mol. The Bertz CT molecular complexity index is 210. The molecule has 0 bridgehead atoms. The number of hydrogen-bond donors (Lipinski definition) is 1. The molecule has 2 rings (SSSR count). The Morgan fingerprint density at radius 2 is 1.69 bits per heavy atom. The molecule has 0 aromatic rings. The molecular formula is C13H27NO2. The number of rotatable bonds is 1. The van der Waals surface area contributed by atoms with Crippen LogP contribution in [0.15, 0.2) is 0 Å². The van der Waals surface area contributed by atoms with Crippen LogP contribution in [0.4, 0.5) is 0 Å². The van der Waals surface area contributed by atoms with Crippen LogP contribution in [0.25, 0.3) is 0 Å². The van der Waals surface area contributed by atoms with Gasteiger partial charge in [0.1, 0.15) is 0 Å². The predicted octanol–water partition coefficient (Wildman–Crippen LogP) is 2.54. The van der Waals surface area contributed by atoms with Crippen LogP contribution in [0, 0.1) is 11.3 Å².